The summed E-state index contributed by atoms with van der Waals surface area (Å²) >= 11 is 0. The fourth-order valence-corrected chi connectivity index (χ4v) is 3.02. The van der Waals surface area contributed by atoms with E-state index < -0.39 is 6.10 Å². The minimum atomic E-state index is -0.662. The van der Waals surface area contributed by atoms with Gasteiger partial charge >= 0.3 is 0 Å². The minimum absolute atomic E-state index is 0.0163. The van der Waals surface area contributed by atoms with Crippen molar-refractivity contribution in [1.29, 1.82) is 5.26 Å². The summed E-state index contributed by atoms with van der Waals surface area (Å²) in [6, 6.07) is 9.52. The van der Waals surface area contributed by atoms with Crippen molar-refractivity contribution in [2.24, 2.45) is 0 Å². The van der Waals surface area contributed by atoms with Gasteiger partial charge in [0.15, 0.2) is 5.78 Å². The van der Waals surface area contributed by atoms with Crippen molar-refractivity contribution in [3.05, 3.63) is 29.8 Å². The molecule has 0 amide bonds. The van der Waals surface area contributed by atoms with Gasteiger partial charge in [-0.05, 0) is 31.9 Å². The number of hydrogen-bond donors (Lipinski definition) is 1. The third kappa shape index (κ3) is 5.34. The van der Waals surface area contributed by atoms with Crippen LogP contribution in [0, 0.1) is 11.3 Å². The zero-order chi connectivity index (χ0) is 16.7. The summed E-state index contributed by atoms with van der Waals surface area (Å²) in [5.74, 6) is 0.557. The largest absolute Gasteiger partial charge is 0.491 e. The van der Waals surface area contributed by atoms with E-state index in [0.717, 1.165) is 12.8 Å². The molecule has 0 saturated heterocycles. The fraction of sp³-hybridized carbons (Fsp3) is 0.556. The molecule has 0 aromatic heterocycles. The number of carbonyl (C=O) groups excluding carboxylic acids is 1. The summed E-state index contributed by atoms with van der Waals surface area (Å²) in [6.45, 7) is 2.43. The molecule has 0 aliphatic heterocycles. The first-order chi connectivity index (χ1) is 11.1. The molecule has 5 nitrogen and oxygen atoms in total. The van der Waals surface area contributed by atoms with Gasteiger partial charge in [-0.2, -0.15) is 5.26 Å². The maximum atomic E-state index is 11.4. The Labute approximate surface area is 137 Å². The first kappa shape index (κ1) is 17.5. The van der Waals surface area contributed by atoms with Gasteiger partial charge in [0.2, 0.25) is 0 Å². The van der Waals surface area contributed by atoms with Crippen molar-refractivity contribution in [2.75, 3.05) is 19.7 Å². The van der Waals surface area contributed by atoms with Gasteiger partial charge in [-0.3, -0.25) is 9.69 Å². The number of aliphatic hydroxyl groups is 1. The highest BCUT2D eigenvalue weighted by Gasteiger charge is 2.24. The van der Waals surface area contributed by atoms with Crippen LogP contribution in [0.2, 0.25) is 0 Å². The monoisotopic (exact) mass is 316 g/mol. The van der Waals surface area contributed by atoms with E-state index in [1.54, 1.807) is 24.3 Å². The highest BCUT2D eigenvalue weighted by atomic mass is 16.5. The number of aliphatic hydroxyl groups excluding tert-OH is 1. The summed E-state index contributed by atoms with van der Waals surface area (Å²) in [5, 5.41) is 19.2. The summed E-state index contributed by atoms with van der Waals surface area (Å²) in [5.41, 5.74) is 0.592. The minimum Gasteiger partial charge on any atom is -0.491 e. The smallest absolute Gasteiger partial charge is 0.159 e. The normalized spacial score (nSPS) is 16.3. The Balaban J connectivity index is 1.85. The van der Waals surface area contributed by atoms with Gasteiger partial charge < -0.3 is 9.84 Å². The van der Waals surface area contributed by atoms with E-state index in [1.165, 1.54) is 19.8 Å². The molecule has 0 radical (unpaired) electrons. The molecule has 1 N–H and O–H groups in total. The van der Waals surface area contributed by atoms with Crippen LogP contribution in [0.25, 0.3) is 0 Å². The Morgan fingerprint density at radius 2 is 2.22 bits per heavy atom. The molecule has 5 heteroatoms. The number of benzene rings is 1. The average Bonchev–Trinajstić information content (AvgIpc) is 3.07. The predicted octanol–water partition coefficient (Wildman–Crippen LogP) is 2.40. The third-order valence-corrected chi connectivity index (χ3v) is 4.24. The van der Waals surface area contributed by atoms with E-state index in [-0.39, 0.29) is 12.4 Å². The molecule has 1 saturated carbocycles. The maximum absolute atomic E-state index is 11.4. The van der Waals surface area contributed by atoms with Crippen LogP contribution in [-0.4, -0.2) is 47.6 Å². The predicted molar refractivity (Wildman–Crippen MR) is 87.4 cm³/mol. The fourth-order valence-electron chi connectivity index (χ4n) is 3.02. The molecule has 0 heterocycles. The molecule has 0 spiro atoms. The molecule has 0 bridgehead atoms. The molecule has 1 unspecified atom stereocenters. The molecular formula is C18H24N2O3. The number of ether oxygens (including phenoxy) is 1. The molecule has 1 aliphatic rings. The number of rotatable bonds is 8. The Kier molecular flexibility index (Phi) is 6.57. The van der Waals surface area contributed by atoms with E-state index in [2.05, 4.69) is 6.07 Å². The van der Waals surface area contributed by atoms with Crippen molar-refractivity contribution >= 4 is 5.78 Å². The van der Waals surface area contributed by atoms with Crippen LogP contribution in [0.4, 0.5) is 0 Å². The zero-order valence-corrected chi connectivity index (χ0v) is 13.6. The lowest BCUT2D eigenvalue weighted by Gasteiger charge is -2.28. The Bertz CT molecular complexity index is 562. The summed E-state index contributed by atoms with van der Waals surface area (Å²) < 4.78 is 5.59. The van der Waals surface area contributed by atoms with Gasteiger partial charge in [-0.25, -0.2) is 0 Å². The molecular weight excluding hydrogens is 292 g/mol. The van der Waals surface area contributed by atoms with Crippen LogP contribution in [0.5, 0.6) is 5.75 Å². The van der Waals surface area contributed by atoms with E-state index in [4.69, 9.17) is 10.00 Å². The molecule has 1 aromatic carbocycles. The number of hydrogen-bond acceptors (Lipinski definition) is 5. The summed E-state index contributed by atoms with van der Waals surface area (Å²) in [6.07, 6.45) is 3.91. The van der Waals surface area contributed by atoms with Crippen LogP contribution in [-0.2, 0) is 0 Å². The quantitative estimate of drug-likeness (QED) is 0.589. The van der Waals surface area contributed by atoms with Gasteiger partial charge in [0, 0.05) is 18.2 Å². The van der Waals surface area contributed by atoms with Crippen LogP contribution >= 0.6 is 0 Å². The standard InChI is InChI=1S/C18H24N2O3/c1-14(21)15-5-4-8-18(11-15)23-13-17(22)12-20(10-9-19)16-6-2-3-7-16/h4-5,8,11,16-17,22H,2-3,6-7,10,12-13H2,1H3. The lowest BCUT2D eigenvalue weighted by Crippen LogP contribution is -2.41. The molecule has 2 rings (SSSR count). The number of Topliss-reactive ketones (excluding diaryl/α,β-unsaturated/α-hetero) is 1. The van der Waals surface area contributed by atoms with Crippen LogP contribution in [0.15, 0.2) is 24.3 Å². The van der Waals surface area contributed by atoms with E-state index in [1.807, 2.05) is 4.90 Å². The summed E-state index contributed by atoms with van der Waals surface area (Å²) in [4.78, 5) is 13.4. The van der Waals surface area contributed by atoms with E-state index in [9.17, 15) is 9.90 Å². The Morgan fingerprint density at radius 3 is 2.87 bits per heavy atom. The molecule has 1 atom stereocenters. The Morgan fingerprint density at radius 1 is 1.48 bits per heavy atom. The second-order valence-electron chi connectivity index (χ2n) is 6.07. The van der Waals surface area contributed by atoms with Crippen LogP contribution < -0.4 is 4.74 Å². The van der Waals surface area contributed by atoms with Gasteiger partial charge in [-0.15, -0.1) is 0 Å². The Hall–Kier alpha value is -1.90. The van der Waals surface area contributed by atoms with Gasteiger partial charge in [-0.1, -0.05) is 25.0 Å². The number of nitrogens with zero attached hydrogens (tertiary/aromatic N) is 2. The third-order valence-electron chi connectivity index (χ3n) is 4.24. The van der Waals surface area contributed by atoms with Crippen molar-refractivity contribution in [2.45, 2.75) is 44.8 Å². The van der Waals surface area contributed by atoms with Crippen LogP contribution in [0.1, 0.15) is 43.0 Å². The van der Waals surface area contributed by atoms with Crippen molar-refractivity contribution < 1.29 is 14.6 Å². The number of carbonyl (C=O) groups is 1. The summed E-state index contributed by atoms with van der Waals surface area (Å²) in [7, 11) is 0. The topological polar surface area (TPSA) is 73.6 Å². The van der Waals surface area contributed by atoms with E-state index >= 15 is 0 Å². The van der Waals surface area contributed by atoms with Crippen molar-refractivity contribution in [3.8, 4) is 11.8 Å². The molecule has 1 fully saturated rings. The van der Waals surface area contributed by atoms with E-state index in [0.29, 0.717) is 30.4 Å². The maximum Gasteiger partial charge on any atom is 0.159 e. The first-order valence-corrected chi connectivity index (χ1v) is 8.13. The number of ketones is 1. The lowest BCUT2D eigenvalue weighted by molar-refractivity contribution is 0.0584. The molecule has 1 aromatic rings. The highest BCUT2D eigenvalue weighted by Crippen LogP contribution is 2.23. The highest BCUT2D eigenvalue weighted by molar-refractivity contribution is 5.94. The lowest BCUT2D eigenvalue weighted by atomic mass is 10.1. The van der Waals surface area contributed by atoms with Gasteiger partial charge in [0.1, 0.15) is 18.5 Å². The van der Waals surface area contributed by atoms with Crippen LogP contribution in [0.3, 0.4) is 0 Å². The second-order valence-corrected chi connectivity index (χ2v) is 6.07. The molecule has 23 heavy (non-hydrogen) atoms. The number of nitriles is 1. The van der Waals surface area contributed by atoms with Gasteiger partial charge in [0.05, 0.1) is 12.6 Å². The zero-order valence-electron chi connectivity index (χ0n) is 13.6. The first-order valence-electron chi connectivity index (χ1n) is 8.13. The van der Waals surface area contributed by atoms with Crippen molar-refractivity contribution in [1.82, 2.24) is 4.90 Å². The second kappa shape index (κ2) is 8.66. The SMILES string of the molecule is CC(=O)c1cccc(OCC(O)CN(CC#N)C2CCCC2)c1. The van der Waals surface area contributed by atoms with Crippen molar-refractivity contribution in [3.63, 3.8) is 0 Å². The van der Waals surface area contributed by atoms with Gasteiger partial charge in [0.25, 0.3) is 0 Å². The average molecular weight is 316 g/mol. The molecule has 1 aliphatic carbocycles. The molecule has 124 valence electrons.